The quantitative estimate of drug-likeness (QED) is 0.171. The molecule has 1 N–H and O–H groups in total. The summed E-state index contributed by atoms with van der Waals surface area (Å²) in [4.78, 5) is 16.9. The molecule has 228 valence electrons. The number of ether oxygens (including phenoxy) is 2. The molecule has 1 fully saturated rings. The Morgan fingerprint density at radius 3 is 2.11 bits per heavy atom. The molecule has 2 heterocycles. The van der Waals surface area contributed by atoms with Crippen molar-refractivity contribution < 1.29 is 28.7 Å². The van der Waals surface area contributed by atoms with E-state index >= 15 is 0 Å². The summed E-state index contributed by atoms with van der Waals surface area (Å²) >= 11 is 0. The third kappa shape index (κ3) is 5.94. The number of nitrogens with zero attached hydrogens (tertiary/aromatic N) is 3. The van der Waals surface area contributed by atoms with E-state index in [1.807, 2.05) is 82.3 Å². The van der Waals surface area contributed by atoms with E-state index in [1.165, 1.54) is 7.11 Å². The highest BCUT2D eigenvalue weighted by atomic mass is 16.7. The van der Waals surface area contributed by atoms with Crippen LogP contribution in [0.1, 0.15) is 43.6 Å². The lowest BCUT2D eigenvalue weighted by Gasteiger charge is -2.32. The van der Waals surface area contributed by atoms with Crippen molar-refractivity contribution in [3.05, 3.63) is 108 Å². The van der Waals surface area contributed by atoms with Crippen LogP contribution in [0.5, 0.6) is 11.5 Å². The molecule has 1 aliphatic heterocycles. The molecule has 0 aliphatic carbocycles. The van der Waals surface area contributed by atoms with Gasteiger partial charge in [-0.2, -0.15) is 0 Å². The van der Waals surface area contributed by atoms with Gasteiger partial charge >= 0.3 is 13.1 Å². The van der Waals surface area contributed by atoms with Gasteiger partial charge in [0.05, 0.1) is 40.7 Å². The van der Waals surface area contributed by atoms with E-state index in [2.05, 4.69) is 0 Å². The number of aromatic nitrogens is 3. The third-order valence-corrected chi connectivity index (χ3v) is 8.31. The number of methoxy groups -OCH3 is 1. The lowest BCUT2D eigenvalue weighted by molar-refractivity contribution is 0.00578. The van der Waals surface area contributed by atoms with Crippen LogP contribution in [-0.4, -0.2) is 51.3 Å². The number of esters is 1. The Kier molecular flexibility index (Phi) is 7.95. The van der Waals surface area contributed by atoms with Crippen LogP contribution in [0.4, 0.5) is 0 Å². The van der Waals surface area contributed by atoms with Crippen LogP contribution < -0.4 is 10.2 Å². The van der Waals surface area contributed by atoms with Crippen LogP contribution >= 0.6 is 0 Å². The van der Waals surface area contributed by atoms with Crippen molar-refractivity contribution in [1.82, 2.24) is 14.8 Å². The first-order valence-electron chi connectivity index (χ1n) is 14.7. The fourth-order valence-electron chi connectivity index (χ4n) is 4.99. The standard InChI is InChI=1S/C35H34BN3O6/c1-34(2)35(3,4)45-36(44-34)25-18-14-23(15-19-25)22-43-30-13-9-7-11-28(30)32-37-31(27-10-6-8-12-29(27)40)38-39(32)26-20-16-24(17-21-26)33(41)42-5/h6-21,40H,22H2,1-5H3. The number of aromatic hydroxyl groups is 1. The number of para-hydroxylation sites is 2. The van der Waals surface area contributed by atoms with Crippen molar-refractivity contribution in [2.75, 3.05) is 7.11 Å². The number of hydrogen-bond donors (Lipinski definition) is 1. The molecule has 5 aromatic rings. The van der Waals surface area contributed by atoms with Crippen molar-refractivity contribution in [1.29, 1.82) is 0 Å². The van der Waals surface area contributed by atoms with Crippen molar-refractivity contribution in [3.63, 3.8) is 0 Å². The van der Waals surface area contributed by atoms with E-state index in [0.717, 1.165) is 11.0 Å². The molecular formula is C35H34BN3O6. The van der Waals surface area contributed by atoms with Gasteiger partial charge in [0.15, 0.2) is 11.6 Å². The topological polar surface area (TPSA) is 105 Å². The molecule has 6 rings (SSSR count). The first kappa shape index (κ1) is 30.1. The number of hydrogen-bond acceptors (Lipinski definition) is 8. The lowest BCUT2D eigenvalue weighted by atomic mass is 9.79. The molecule has 10 heteroatoms. The summed E-state index contributed by atoms with van der Waals surface area (Å²) in [5.74, 6) is 1.09. The first-order chi connectivity index (χ1) is 21.6. The van der Waals surface area contributed by atoms with Crippen molar-refractivity contribution >= 4 is 18.6 Å². The summed E-state index contributed by atoms with van der Waals surface area (Å²) in [6.07, 6.45) is 0. The van der Waals surface area contributed by atoms with Gasteiger partial charge in [0, 0.05) is 0 Å². The average molecular weight is 603 g/mol. The summed E-state index contributed by atoms with van der Waals surface area (Å²) in [6, 6.07) is 29.4. The predicted octanol–water partition coefficient (Wildman–Crippen LogP) is 5.97. The first-order valence-corrected chi connectivity index (χ1v) is 14.7. The van der Waals surface area contributed by atoms with Crippen LogP contribution in [0.2, 0.25) is 0 Å². The number of benzene rings is 4. The maximum atomic E-state index is 12.0. The minimum Gasteiger partial charge on any atom is -0.507 e. The van der Waals surface area contributed by atoms with Gasteiger partial charge in [-0.15, -0.1) is 5.10 Å². The zero-order chi connectivity index (χ0) is 31.8. The van der Waals surface area contributed by atoms with E-state index in [-0.39, 0.29) is 5.75 Å². The van der Waals surface area contributed by atoms with Crippen LogP contribution in [0.25, 0.3) is 28.5 Å². The SMILES string of the molecule is COC(=O)c1ccc(-n2nc(-c3ccccc3O)nc2-c2ccccc2OCc2ccc(B3OC(C)(C)C(C)(C)O3)cc2)cc1. The maximum absolute atomic E-state index is 12.0. The number of carbonyl (C=O) groups excluding carboxylic acids is 1. The number of phenolic OH excluding ortho intramolecular Hbond substituents is 1. The molecule has 1 aromatic heterocycles. The highest BCUT2D eigenvalue weighted by molar-refractivity contribution is 6.62. The van der Waals surface area contributed by atoms with Gasteiger partial charge in [-0.05, 0) is 87.3 Å². The average Bonchev–Trinajstić information content (AvgIpc) is 3.57. The fraction of sp³-hybridized carbons (Fsp3) is 0.229. The second-order valence-electron chi connectivity index (χ2n) is 11.8. The summed E-state index contributed by atoms with van der Waals surface area (Å²) < 4.78 is 25.2. The molecule has 1 aliphatic rings. The van der Waals surface area contributed by atoms with Crippen LogP contribution in [0.15, 0.2) is 97.1 Å². The fourth-order valence-corrected chi connectivity index (χ4v) is 4.99. The molecule has 0 amide bonds. The molecule has 1 saturated heterocycles. The maximum Gasteiger partial charge on any atom is 0.494 e. The third-order valence-electron chi connectivity index (χ3n) is 8.31. The molecule has 45 heavy (non-hydrogen) atoms. The minimum atomic E-state index is -0.433. The summed E-state index contributed by atoms with van der Waals surface area (Å²) in [5, 5.41) is 15.3. The summed E-state index contributed by atoms with van der Waals surface area (Å²) in [7, 11) is 0.909. The number of phenols is 1. The van der Waals surface area contributed by atoms with E-state index in [0.29, 0.717) is 46.4 Å². The molecule has 4 aromatic carbocycles. The van der Waals surface area contributed by atoms with Crippen LogP contribution in [0.3, 0.4) is 0 Å². The Labute approximate surface area is 262 Å². The Hall–Kier alpha value is -4.93. The molecule has 0 saturated carbocycles. The summed E-state index contributed by atoms with van der Waals surface area (Å²) in [5.41, 5.74) is 3.37. The highest BCUT2D eigenvalue weighted by Crippen LogP contribution is 2.37. The summed E-state index contributed by atoms with van der Waals surface area (Å²) in [6.45, 7) is 8.47. The van der Waals surface area contributed by atoms with Gasteiger partial charge in [0.1, 0.15) is 18.1 Å². The van der Waals surface area contributed by atoms with Crippen molar-refractivity contribution in [3.8, 4) is 40.0 Å². The Morgan fingerprint density at radius 1 is 0.844 bits per heavy atom. The number of rotatable bonds is 8. The van der Waals surface area contributed by atoms with Gasteiger partial charge in [0.25, 0.3) is 0 Å². The smallest absolute Gasteiger partial charge is 0.494 e. The minimum absolute atomic E-state index is 0.0655. The van der Waals surface area contributed by atoms with Gasteiger partial charge < -0.3 is 23.9 Å². The molecular weight excluding hydrogens is 569 g/mol. The molecule has 0 unspecified atom stereocenters. The second kappa shape index (κ2) is 11.9. The van der Waals surface area contributed by atoms with Crippen molar-refractivity contribution in [2.45, 2.75) is 45.5 Å². The lowest BCUT2D eigenvalue weighted by Crippen LogP contribution is -2.41. The van der Waals surface area contributed by atoms with Crippen molar-refractivity contribution in [2.24, 2.45) is 0 Å². The zero-order valence-corrected chi connectivity index (χ0v) is 25.9. The van der Waals surface area contributed by atoms with E-state index in [9.17, 15) is 9.90 Å². The van der Waals surface area contributed by atoms with Crippen LogP contribution in [-0.2, 0) is 20.7 Å². The van der Waals surface area contributed by atoms with E-state index in [1.54, 1.807) is 47.1 Å². The molecule has 0 spiro atoms. The van der Waals surface area contributed by atoms with Gasteiger partial charge in [-0.1, -0.05) is 48.5 Å². The molecule has 0 bridgehead atoms. The normalized spacial score (nSPS) is 15.2. The largest absolute Gasteiger partial charge is 0.507 e. The highest BCUT2D eigenvalue weighted by Gasteiger charge is 2.51. The second-order valence-corrected chi connectivity index (χ2v) is 11.8. The number of carbonyl (C=O) groups is 1. The Morgan fingerprint density at radius 2 is 1.47 bits per heavy atom. The molecule has 0 atom stereocenters. The zero-order valence-electron chi connectivity index (χ0n) is 25.9. The Balaban J connectivity index is 1.30. The Bertz CT molecular complexity index is 1820. The van der Waals surface area contributed by atoms with E-state index in [4.69, 9.17) is 28.9 Å². The van der Waals surface area contributed by atoms with Gasteiger partial charge in [0.2, 0.25) is 0 Å². The molecule has 9 nitrogen and oxygen atoms in total. The van der Waals surface area contributed by atoms with Gasteiger partial charge in [-0.25, -0.2) is 14.5 Å². The monoisotopic (exact) mass is 603 g/mol. The van der Waals surface area contributed by atoms with Gasteiger partial charge in [-0.3, -0.25) is 0 Å². The predicted molar refractivity (Wildman–Crippen MR) is 172 cm³/mol. The molecule has 0 radical (unpaired) electrons. The van der Waals surface area contributed by atoms with E-state index < -0.39 is 24.3 Å². The van der Waals surface area contributed by atoms with Crippen LogP contribution in [0, 0.1) is 0 Å².